The van der Waals surface area contributed by atoms with Gasteiger partial charge in [-0.15, -0.1) is 12.4 Å². The van der Waals surface area contributed by atoms with E-state index in [9.17, 15) is 9.59 Å². The molecule has 2 saturated heterocycles. The number of carbonyl (C=O) groups excluding carboxylic acids is 2. The standard InChI is InChI=1S/C17H23N3O2.ClH/c1-17(16(22)19-12-9-18-10-13-19)8-5-11-20(17)15(21)14-6-3-2-4-7-14;/h2-4,6-7,18H,5,8-13H2,1H3;1H. The number of likely N-dealkylation sites (tertiary alicyclic amines) is 1. The summed E-state index contributed by atoms with van der Waals surface area (Å²) >= 11 is 0. The predicted octanol–water partition coefficient (Wildman–Crippen LogP) is 1.53. The summed E-state index contributed by atoms with van der Waals surface area (Å²) in [5.74, 6) is 0.0554. The second kappa shape index (κ2) is 7.32. The highest BCUT2D eigenvalue weighted by Gasteiger charge is 2.47. The Kier molecular flexibility index (Phi) is 5.65. The average molecular weight is 338 g/mol. The zero-order valence-electron chi connectivity index (χ0n) is 13.5. The van der Waals surface area contributed by atoms with Crippen LogP contribution in [-0.4, -0.2) is 59.9 Å². The van der Waals surface area contributed by atoms with Crippen molar-refractivity contribution >= 4 is 24.2 Å². The molecular weight excluding hydrogens is 314 g/mol. The van der Waals surface area contributed by atoms with Gasteiger partial charge in [0, 0.05) is 38.3 Å². The molecule has 126 valence electrons. The summed E-state index contributed by atoms with van der Waals surface area (Å²) in [6, 6.07) is 9.25. The van der Waals surface area contributed by atoms with Crippen molar-refractivity contribution in [2.45, 2.75) is 25.3 Å². The number of amides is 2. The molecule has 0 aliphatic carbocycles. The van der Waals surface area contributed by atoms with Crippen molar-refractivity contribution in [3.05, 3.63) is 35.9 Å². The van der Waals surface area contributed by atoms with E-state index < -0.39 is 5.54 Å². The molecule has 6 heteroatoms. The third kappa shape index (κ3) is 3.35. The highest BCUT2D eigenvalue weighted by Crippen LogP contribution is 2.32. The van der Waals surface area contributed by atoms with Crippen LogP contribution in [0.3, 0.4) is 0 Å². The number of hydrogen-bond acceptors (Lipinski definition) is 3. The van der Waals surface area contributed by atoms with E-state index in [1.807, 2.05) is 42.2 Å². The van der Waals surface area contributed by atoms with Gasteiger partial charge in [0.2, 0.25) is 5.91 Å². The molecule has 2 aliphatic rings. The summed E-state index contributed by atoms with van der Waals surface area (Å²) in [4.78, 5) is 29.4. The SMILES string of the molecule is CC1(C(=O)N2CCNCC2)CCCN1C(=O)c1ccccc1.Cl. The van der Waals surface area contributed by atoms with Crippen LogP contribution in [0.4, 0.5) is 0 Å². The summed E-state index contributed by atoms with van der Waals surface area (Å²) in [5, 5.41) is 3.26. The largest absolute Gasteiger partial charge is 0.338 e. The van der Waals surface area contributed by atoms with E-state index in [0.717, 1.165) is 39.0 Å². The van der Waals surface area contributed by atoms with Gasteiger partial charge in [-0.05, 0) is 31.9 Å². The van der Waals surface area contributed by atoms with Gasteiger partial charge in [0.15, 0.2) is 0 Å². The van der Waals surface area contributed by atoms with Crippen molar-refractivity contribution in [2.75, 3.05) is 32.7 Å². The average Bonchev–Trinajstić information content (AvgIpc) is 2.98. The summed E-state index contributed by atoms with van der Waals surface area (Å²) in [6.07, 6.45) is 1.63. The maximum absolute atomic E-state index is 13.0. The number of nitrogens with one attached hydrogen (secondary N) is 1. The summed E-state index contributed by atoms with van der Waals surface area (Å²) < 4.78 is 0. The molecule has 0 bridgehead atoms. The van der Waals surface area contributed by atoms with Crippen molar-refractivity contribution in [1.82, 2.24) is 15.1 Å². The molecule has 3 rings (SSSR count). The minimum absolute atomic E-state index is 0. The fourth-order valence-corrected chi connectivity index (χ4v) is 3.46. The molecular formula is C17H24ClN3O2. The van der Waals surface area contributed by atoms with Gasteiger partial charge in [-0.2, -0.15) is 0 Å². The molecule has 1 aromatic rings. The Bertz CT molecular complexity index is 560. The lowest BCUT2D eigenvalue weighted by Crippen LogP contribution is -2.59. The number of benzene rings is 1. The maximum Gasteiger partial charge on any atom is 0.254 e. The van der Waals surface area contributed by atoms with Gasteiger partial charge < -0.3 is 15.1 Å². The fraction of sp³-hybridized carbons (Fsp3) is 0.529. The third-order valence-corrected chi connectivity index (χ3v) is 4.77. The molecule has 2 aliphatic heterocycles. The number of piperazine rings is 1. The predicted molar refractivity (Wildman–Crippen MR) is 91.8 cm³/mol. The lowest BCUT2D eigenvalue weighted by atomic mass is 9.95. The zero-order valence-corrected chi connectivity index (χ0v) is 14.3. The van der Waals surface area contributed by atoms with Crippen molar-refractivity contribution in [1.29, 1.82) is 0 Å². The molecule has 0 aromatic heterocycles. The lowest BCUT2D eigenvalue weighted by molar-refractivity contribution is -0.141. The van der Waals surface area contributed by atoms with E-state index in [2.05, 4.69) is 5.32 Å². The molecule has 23 heavy (non-hydrogen) atoms. The first-order valence-electron chi connectivity index (χ1n) is 8.00. The summed E-state index contributed by atoms with van der Waals surface area (Å²) in [5.41, 5.74) is -0.0479. The molecule has 2 heterocycles. The van der Waals surface area contributed by atoms with E-state index in [0.29, 0.717) is 12.1 Å². The summed E-state index contributed by atoms with van der Waals surface area (Å²) in [7, 11) is 0. The fourth-order valence-electron chi connectivity index (χ4n) is 3.46. The monoisotopic (exact) mass is 337 g/mol. The van der Waals surface area contributed by atoms with Crippen LogP contribution < -0.4 is 5.32 Å². The molecule has 1 aromatic carbocycles. The van der Waals surface area contributed by atoms with Crippen molar-refractivity contribution in [3.63, 3.8) is 0 Å². The highest BCUT2D eigenvalue weighted by molar-refractivity contribution is 5.99. The van der Waals surface area contributed by atoms with E-state index in [4.69, 9.17) is 0 Å². The number of rotatable bonds is 2. The third-order valence-electron chi connectivity index (χ3n) is 4.77. The normalized spacial score (nSPS) is 24.2. The van der Waals surface area contributed by atoms with E-state index in [1.165, 1.54) is 0 Å². The Hall–Kier alpha value is -1.59. The van der Waals surface area contributed by atoms with E-state index in [-0.39, 0.29) is 24.2 Å². The second-order valence-electron chi connectivity index (χ2n) is 6.24. The van der Waals surface area contributed by atoms with Gasteiger partial charge in [0.25, 0.3) is 5.91 Å². The molecule has 1 atom stereocenters. The Balaban J connectivity index is 0.00000192. The van der Waals surface area contributed by atoms with Gasteiger partial charge in [-0.3, -0.25) is 9.59 Å². The quantitative estimate of drug-likeness (QED) is 0.890. The van der Waals surface area contributed by atoms with Gasteiger partial charge in [-0.25, -0.2) is 0 Å². The van der Waals surface area contributed by atoms with Gasteiger partial charge in [-0.1, -0.05) is 18.2 Å². The molecule has 2 fully saturated rings. The lowest BCUT2D eigenvalue weighted by Gasteiger charge is -2.39. The van der Waals surface area contributed by atoms with E-state index >= 15 is 0 Å². The molecule has 0 saturated carbocycles. The van der Waals surface area contributed by atoms with Crippen LogP contribution in [0.1, 0.15) is 30.1 Å². The maximum atomic E-state index is 13.0. The first-order valence-corrected chi connectivity index (χ1v) is 8.00. The van der Waals surface area contributed by atoms with E-state index in [1.54, 1.807) is 4.90 Å². The van der Waals surface area contributed by atoms with Crippen LogP contribution in [0.25, 0.3) is 0 Å². The van der Waals surface area contributed by atoms with Gasteiger partial charge in [0.1, 0.15) is 5.54 Å². The topological polar surface area (TPSA) is 52.7 Å². The molecule has 0 radical (unpaired) electrons. The Morgan fingerprint density at radius 1 is 1.09 bits per heavy atom. The van der Waals surface area contributed by atoms with Crippen LogP contribution in [0.15, 0.2) is 30.3 Å². The van der Waals surface area contributed by atoms with Crippen LogP contribution in [0, 0.1) is 0 Å². The van der Waals surface area contributed by atoms with Crippen LogP contribution in [-0.2, 0) is 4.79 Å². The zero-order chi connectivity index (χ0) is 15.6. The number of nitrogens with zero attached hydrogens (tertiary/aromatic N) is 2. The first-order chi connectivity index (χ1) is 10.6. The minimum atomic E-state index is -0.704. The number of halogens is 1. The highest BCUT2D eigenvalue weighted by atomic mass is 35.5. The second-order valence-corrected chi connectivity index (χ2v) is 6.24. The molecule has 2 amide bonds. The molecule has 5 nitrogen and oxygen atoms in total. The van der Waals surface area contributed by atoms with Crippen LogP contribution >= 0.6 is 12.4 Å². The number of carbonyl (C=O) groups is 2. The Labute approximate surface area is 143 Å². The smallest absolute Gasteiger partial charge is 0.254 e. The van der Waals surface area contributed by atoms with Crippen molar-refractivity contribution in [3.8, 4) is 0 Å². The first kappa shape index (κ1) is 17.8. The van der Waals surface area contributed by atoms with Gasteiger partial charge in [0.05, 0.1) is 0 Å². The molecule has 1 unspecified atom stereocenters. The van der Waals surface area contributed by atoms with Crippen molar-refractivity contribution in [2.24, 2.45) is 0 Å². The Morgan fingerprint density at radius 2 is 1.74 bits per heavy atom. The Morgan fingerprint density at radius 3 is 2.39 bits per heavy atom. The van der Waals surface area contributed by atoms with Gasteiger partial charge >= 0.3 is 0 Å². The summed E-state index contributed by atoms with van der Waals surface area (Å²) in [6.45, 7) is 5.68. The van der Waals surface area contributed by atoms with Crippen molar-refractivity contribution < 1.29 is 9.59 Å². The van der Waals surface area contributed by atoms with Crippen LogP contribution in [0.5, 0.6) is 0 Å². The molecule has 1 N–H and O–H groups in total. The molecule has 0 spiro atoms. The minimum Gasteiger partial charge on any atom is -0.338 e. The van der Waals surface area contributed by atoms with Crippen LogP contribution in [0.2, 0.25) is 0 Å². The number of hydrogen-bond donors (Lipinski definition) is 1.